The third-order valence-corrected chi connectivity index (χ3v) is 3.59. The fourth-order valence-corrected chi connectivity index (χ4v) is 2.25. The molecule has 1 aliphatic rings. The maximum absolute atomic E-state index is 11.8. The van der Waals surface area contributed by atoms with E-state index in [-0.39, 0.29) is 11.8 Å². The lowest BCUT2D eigenvalue weighted by Crippen LogP contribution is -2.38. The lowest BCUT2D eigenvalue weighted by molar-refractivity contribution is -0.126. The summed E-state index contributed by atoms with van der Waals surface area (Å²) < 4.78 is 5.31. The first-order valence-corrected chi connectivity index (χ1v) is 6.70. The molecule has 1 amide bonds. The van der Waals surface area contributed by atoms with Crippen LogP contribution in [0.25, 0.3) is 0 Å². The van der Waals surface area contributed by atoms with Gasteiger partial charge in [0.1, 0.15) is 0 Å². The highest BCUT2D eigenvalue weighted by Gasteiger charge is 2.20. The van der Waals surface area contributed by atoms with Gasteiger partial charge in [-0.2, -0.15) is 0 Å². The van der Waals surface area contributed by atoms with Gasteiger partial charge in [0.25, 0.3) is 0 Å². The maximum atomic E-state index is 11.8. The van der Waals surface area contributed by atoms with Gasteiger partial charge in [-0.15, -0.1) is 0 Å². The first-order chi connectivity index (χ1) is 8.15. The van der Waals surface area contributed by atoms with Crippen molar-refractivity contribution in [3.63, 3.8) is 0 Å². The van der Waals surface area contributed by atoms with Crippen molar-refractivity contribution < 1.29 is 9.53 Å². The van der Waals surface area contributed by atoms with Crippen LogP contribution >= 0.6 is 0 Å². The zero-order valence-corrected chi connectivity index (χ0v) is 11.1. The number of nitrogens with one attached hydrogen (secondary N) is 1. The van der Waals surface area contributed by atoms with Crippen molar-refractivity contribution in [3.8, 4) is 0 Å². The monoisotopic (exact) mass is 242 g/mol. The molecular formula is C13H26N2O2. The normalized spacial score (nSPS) is 19.3. The van der Waals surface area contributed by atoms with Gasteiger partial charge in [-0.25, -0.2) is 0 Å². The second-order valence-electron chi connectivity index (χ2n) is 5.22. The summed E-state index contributed by atoms with van der Waals surface area (Å²) in [6.45, 7) is 7.02. The van der Waals surface area contributed by atoms with E-state index in [0.717, 1.165) is 39.0 Å². The van der Waals surface area contributed by atoms with Gasteiger partial charge < -0.3 is 15.8 Å². The van der Waals surface area contributed by atoms with Gasteiger partial charge in [0.2, 0.25) is 5.91 Å². The number of ether oxygens (including phenoxy) is 1. The van der Waals surface area contributed by atoms with Crippen LogP contribution < -0.4 is 11.1 Å². The number of amides is 1. The van der Waals surface area contributed by atoms with Crippen molar-refractivity contribution >= 4 is 5.91 Å². The van der Waals surface area contributed by atoms with Crippen LogP contribution in [0.15, 0.2) is 0 Å². The predicted molar refractivity (Wildman–Crippen MR) is 68.6 cm³/mol. The SMILES string of the molecule is CC(C)C(CN)C(=O)NCCC1CCOCC1. The Morgan fingerprint density at radius 3 is 2.59 bits per heavy atom. The second-order valence-corrected chi connectivity index (χ2v) is 5.22. The summed E-state index contributed by atoms with van der Waals surface area (Å²) in [5.41, 5.74) is 5.61. The molecule has 4 heteroatoms. The standard InChI is InChI=1S/C13H26N2O2/c1-10(2)12(9-14)13(16)15-6-3-11-4-7-17-8-5-11/h10-12H,3-9,14H2,1-2H3,(H,15,16). The van der Waals surface area contributed by atoms with Crippen molar-refractivity contribution in [2.75, 3.05) is 26.3 Å². The lowest BCUT2D eigenvalue weighted by atomic mass is 9.94. The smallest absolute Gasteiger partial charge is 0.224 e. The first kappa shape index (κ1) is 14.5. The van der Waals surface area contributed by atoms with E-state index in [9.17, 15) is 4.79 Å². The van der Waals surface area contributed by atoms with Crippen molar-refractivity contribution in [1.82, 2.24) is 5.32 Å². The molecule has 1 unspecified atom stereocenters. The molecule has 0 aromatic rings. The Bertz CT molecular complexity index is 225. The molecule has 17 heavy (non-hydrogen) atoms. The molecule has 0 spiro atoms. The highest BCUT2D eigenvalue weighted by molar-refractivity contribution is 5.79. The number of hydrogen-bond acceptors (Lipinski definition) is 3. The third kappa shape index (κ3) is 5.04. The van der Waals surface area contributed by atoms with Crippen LogP contribution in [0.3, 0.4) is 0 Å². The van der Waals surface area contributed by atoms with E-state index in [1.165, 1.54) is 0 Å². The third-order valence-electron chi connectivity index (χ3n) is 3.59. The highest BCUT2D eigenvalue weighted by Crippen LogP contribution is 2.17. The van der Waals surface area contributed by atoms with Gasteiger partial charge in [0, 0.05) is 26.3 Å². The summed E-state index contributed by atoms with van der Waals surface area (Å²) in [5, 5.41) is 3.00. The lowest BCUT2D eigenvalue weighted by Gasteiger charge is -2.23. The van der Waals surface area contributed by atoms with E-state index in [4.69, 9.17) is 10.5 Å². The Hall–Kier alpha value is -0.610. The number of hydrogen-bond donors (Lipinski definition) is 2. The van der Waals surface area contributed by atoms with E-state index >= 15 is 0 Å². The average Bonchev–Trinajstić information content (AvgIpc) is 2.30. The molecule has 1 saturated heterocycles. The van der Waals surface area contributed by atoms with Gasteiger partial charge in [0.05, 0.1) is 5.92 Å². The van der Waals surface area contributed by atoms with Crippen LogP contribution in [0.1, 0.15) is 33.1 Å². The minimum absolute atomic E-state index is 0.0512. The fourth-order valence-electron chi connectivity index (χ4n) is 2.25. The molecule has 1 rings (SSSR count). The summed E-state index contributed by atoms with van der Waals surface area (Å²) in [5.74, 6) is 1.07. The number of rotatable bonds is 6. The van der Waals surface area contributed by atoms with Crippen LogP contribution in [-0.4, -0.2) is 32.2 Å². The molecule has 3 N–H and O–H groups in total. The van der Waals surface area contributed by atoms with Crippen molar-refractivity contribution in [1.29, 1.82) is 0 Å². The second kappa shape index (κ2) is 7.67. The molecule has 1 fully saturated rings. The summed E-state index contributed by atoms with van der Waals surface area (Å²) in [4.78, 5) is 11.8. The summed E-state index contributed by atoms with van der Waals surface area (Å²) >= 11 is 0. The zero-order chi connectivity index (χ0) is 12.7. The van der Waals surface area contributed by atoms with Gasteiger partial charge in [-0.1, -0.05) is 13.8 Å². The molecule has 1 atom stereocenters. The maximum Gasteiger partial charge on any atom is 0.224 e. The van der Waals surface area contributed by atoms with Crippen LogP contribution in [0, 0.1) is 17.8 Å². The molecule has 0 aromatic heterocycles. The summed E-state index contributed by atoms with van der Waals surface area (Å²) in [6, 6.07) is 0. The summed E-state index contributed by atoms with van der Waals surface area (Å²) in [7, 11) is 0. The molecule has 0 bridgehead atoms. The predicted octanol–water partition coefficient (Wildman–Crippen LogP) is 1.15. The number of nitrogens with two attached hydrogens (primary N) is 1. The van der Waals surface area contributed by atoms with Crippen LogP contribution in [0.4, 0.5) is 0 Å². The Kier molecular flexibility index (Phi) is 6.52. The minimum Gasteiger partial charge on any atom is -0.381 e. The molecule has 0 saturated carbocycles. The molecule has 0 aromatic carbocycles. The van der Waals surface area contributed by atoms with Crippen molar-refractivity contribution in [2.24, 2.45) is 23.5 Å². The number of carbonyl (C=O) groups is 1. The Labute approximate surface area is 104 Å². The topological polar surface area (TPSA) is 64.4 Å². The molecule has 0 aliphatic carbocycles. The molecule has 100 valence electrons. The van der Waals surface area contributed by atoms with E-state index in [0.29, 0.717) is 18.4 Å². The van der Waals surface area contributed by atoms with E-state index in [1.807, 2.05) is 13.8 Å². The molecule has 4 nitrogen and oxygen atoms in total. The Morgan fingerprint density at radius 1 is 1.41 bits per heavy atom. The van der Waals surface area contributed by atoms with Gasteiger partial charge in [-0.05, 0) is 31.1 Å². The van der Waals surface area contributed by atoms with Gasteiger partial charge >= 0.3 is 0 Å². The quantitative estimate of drug-likeness (QED) is 0.734. The highest BCUT2D eigenvalue weighted by atomic mass is 16.5. The van der Waals surface area contributed by atoms with E-state index in [1.54, 1.807) is 0 Å². The Morgan fingerprint density at radius 2 is 2.06 bits per heavy atom. The Balaban J connectivity index is 2.18. The van der Waals surface area contributed by atoms with Crippen LogP contribution in [0.2, 0.25) is 0 Å². The van der Waals surface area contributed by atoms with Gasteiger partial charge in [-0.3, -0.25) is 4.79 Å². The average molecular weight is 242 g/mol. The summed E-state index contributed by atoms with van der Waals surface area (Å²) in [6.07, 6.45) is 3.31. The van der Waals surface area contributed by atoms with E-state index < -0.39 is 0 Å². The molecule has 0 radical (unpaired) electrons. The minimum atomic E-state index is -0.0512. The number of carbonyl (C=O) groups excluding carboxylic acids is 1. The fraction of sp³-hybridized carbons (Fsp3) is 0.923. The molecule has 1 heterocycles. The van der Waals surface area contributed by atoms with Crippen molar-refractivity contribution in [3.05, 3.63) is 0 Å². The molecule has 1 aliphatic heterocycles. The zero-order valence-electron chi connectivity index (χ0n) is 11.1. The van der Waals surface area contributed by atoms with E-state index in [2.05, 4.69) is 5.32 Å². The molecular weight excluding hydrogens is 216 g/mol. The van der Waals surface area contributed by atoms with Crippen LogP contribution in [-0.2, 0) is 9.53 Å². The van der Waals surface area contributed by atoms with Crippen molar-refractivity contribution in [2.45, 2.75) is 33.1 Å². The largest absolute Gasteiger partial charge is 0.381 e. The first-order valence-electron chi connectivity index (χ1n) is 6.70. The van der Waals surface area contributed by atoms with Gasteiger partial charge in [0.15, 0.2) is 0 Å². The van der Waals surface area contributed by atoms with Crippen LogP contribution in [0.5, 0.6) is 0 Å².